The van der Waals surface area contributed by atoms with Crippen molar-refractivity contribution < 1.29 is 14.0 Å². The maximum Gasteiger partial charge on any atom is 0.257 e. The first-order chi connectivity index (χ1) is 8.97. The lowest BCUT2D eigenvalue weighted by Gasteiger charge is -2.03. The van der Waals surface area contributed by atoms with Crippen molar-refractivity contribution in [1.29, 1.82) is 0 Å². The molecule has 1 amide bonds. The van der Waals surface area contributed by atoms with E-state index in [9.17, 15) is 14.0 Å². The number of thiazole rings is 1. The topological polar surface area (TPSA) is 85.1 Å². The highest BCUT2D eigenvalue weighted by Crippen LogP contribution is 2.18. The first-order valence-corrected chi connectivity index (χ1v) is 6.18. The third-order valence-electron chi connectivity index (χ3n) is 2.34. The minimum Gasteiger partial charge on any atom is -0.396 e. The number of carbonyl (C=O) groups is 2. The standard InChI is InChI=1S/C12H10FN3O2S/c1-6(17)10-5-19-12(15-10)16-11(18)7-2-3-8(13)9(14)4-7/h2-5H,14H2,1H3,(H,15,16,18). The highest BCUT2D eigenvalue weighted by atomic mass is 32.1. The molecule has 0 aliphatic heterocycles. The third-order valence-corrected chi connectivity index (χ3v) is 3.10. The summed E-state index contributed by atoms with van der Waals surface area (Å²) in [5, 5.41) is 4.37. The number of hydrogen-bond acceptors (Lipinski definition) is 5. The van der Waals surface area contributed by atoms with Crippen molar-refractivity contribution in [1.82, 2.24) is 4.98 Å². The molecule has 0 fully saturated rings. The molecule has 0 bridgehead atoms. The van der Waals surface area contributed by atoms with Gasteiger partial charge in [0.25, 0.3) is 5.91 Å². The second kappa shape index (κ2) is 5.15. The SMILES string of the molecule is CC(=O)c1csc(NC(=O)c2ccc(F)c(N)c2)n1. The van der Waals surface area contributed by atoms with Crippen LogP contribution in [-0.2, 0) is 0 Å². The van der Waals surface area contributed by atoms with Gasteiger partial charge >= 0.3 is 0 Å². The molecule has 0 radical (unpaired) electrons. The molecule has 0 spiro atoms. The second-order valence-electron chi connectivity index (χ2n) is 3.78. The number of amides is 1. The number of hydrogen-bond donors (Lipinski definition) is 2. The summed E-state index contributed by atoms with van der Waals surface area (Å²) in [7, 11) is 0. The van der Waals surface area contributed by atoms with E-state index in [1.54, 1.807) is 5.38 Å². The number of carbonyl (C=O) groups excluding carboxylic acids is 2. The molecule has 0 aliphatic rings. The molecule has 2 rings (SSSR count). The van der Waals surface area contributed by atoms with Crippen LogP contribution in [0.5, 0.6) is 0 Å². The Labute approximate surface area is 112 Å². The molecule has 0 saturated carbocycles. The fourth-order valence-electron chi connectivity index (χ4n) is 1.35. The van der Waals surface area contributed by atoms with Gasteiger partial charge in [-0.15, -0.1) is 11.3 Å². The molecule has 19 heavy (non-hydrogen) atoms. The summed E-state index contributed by atoms with van der Waals surface area (Å²) < 4.78 is 13.0. The molecule has 1 heterocycles. The molecular formula is C12H10FN3O2S. The van der Waals surface area contributed by atoms with Crippen LogP contribution in [0.1, 0.15) is 27.8 Å². The molecule has 2 aromatic rings. The number of halogens is 1. The zero-order chi connectivity index (χ0) is 14.0. The van der Waals surface area contributed by atoms with E-state index in [1.165, 1.54) is 19.1 Å². The molecule has 1 aromatic heterocycles. The number of nitrogens with one attached hydrogen (secondary N) is 1. The van der Waals surface area contributed by atoms with Gasteiger partial charge in [-0.25, -0.2) is 9.37 Å². The van der Waals surface area contributed by atoms with Gasteiger partial charge in [0, 0.05) is 17.9 Å². The van der Waals surface area contributed by atoms with Gasteiger partial charge in [-0.05, 0) is 18.2 Å². The fraction of sp³-hybridized carbons (Fsp3) is 0.0833. The smallest absolute Gasteiger partial charge is 0.257 e. The van der Waals surface area contributed by atoms with Crippen molar-refractivity contribution in [3.05, 3.63) is 40.7 Å². The summed E-state index contributed by atoms with van der Waals surface area (Å²) in [6.45, 7) is 1.39. The minimum absolute atomic E-state index is 0.101. The van der Waals surface area contributed by atoms with Crippen molar-refractivity contribution >= 4 is 33.8 Å². The molecule has 1 aromatic carbocycles. The Bertz CT molecular complexity index is 654. The molecule has 98 valence electrons. The lowest BCUT2D eigenvalue weighted by Crippen LogP contribution is -2.12. The van der Waals surface area contributed by atoms with E-state index in [4.69, 9.17) is 5.73 Å². The number of aromatic nitrogens is 1. The van der Waals surface area contributed by atoms with Gasteiger partial charge in [-0.3, -0.25) is 14.9 Å². The summed E-state index contributed by atoms with van der Waals surface area (Å²) in [4.78, 5) is 26.9. The monoisotopic (exact) mass is 279 g/mol. The van der Waals surface area contributed by atoms with E-state index in [0.717, 1.165) is 17.4 Å². The van der Waals surface area contributed by atoms with Crippen LogP contribution in [0.2, 0.25) is 0 Å². The van der Waals surface area contributed by atoms with Crippen LogP contribution in [0.25, 0.3) is 0 Å². The zero-order valence-electron chi connectivity index (χ0n) is 9.94. The Morgan fingerprint density at radius 3 is 2.74 bits per heavy atom. The normalized spacial score (nSPS) is 10.2. The van der Waals surface area contributed by atoms with Crippen LogP contribution in [0, 0.1) is 5.82 Å². The molecule has 3 N–H and O–H groups in total. The van der Waals surface area contributed by atoms with E-state index in [1.807, 2.05) is 0 Å². The highest BCUT2D eigenvalue weighted by Gasteiger charge is 2.12. The van der Waals surface area contributed by atoms with Gasteiger partial charge in [0.2, 0.25) is 0 Å². The number of nitrogens with zero attached hydrogens (tertiary/aromatic N) is 1. The van der Waals surface area contributed by atoms with Gasteiger partial charge in [0.1, 0.15) is 11.5 Å². The van der Waals surface area contributed by atoms with Gasteiger partial charge in [-0.2, -0.15) is 0 Å². The van der Waals surface area contributed by atoms with Crippen molar-refractivity contribution in [2.45, 2.75) is 6.92 Å². The number of nitrogens with two attached hydrogens (primary N) is 1. The average Bonchev–Trinajstić information content (AvgIpc) is 2.81. The molecule has 0 atom stereocenters. The van der Waals surface area contributed by atoms with Crippen molar-refractivity contribution in [2.75, 3.05) is 11.1 Å². The molecule has 0 aliphatic carbocycles. The fourth-order valence-corrected chi connectivity index (χ4v) is 2.09. The van der Waals surface area contributed by atoms with Gasteiger partial charge in [-0.1, -0.05) is 0 Å². The molecule has 0 saturated heterocycles. The molecular weight excluding hydrogens is 269 g/mol. The quantitative estimate of drug-likeness (QED) is 0.667. The predicted octanol–water partition coefficient (Wildman–Crippen LogP) is 2.32. The minimum atomic E-state index is -0.579. The highest BCUT2D eigenvalue weighted by molar-refractivity contribution is 7.14. The first kappa shape index (κ1) is 13.2. The van der Waals surface area contributed by atoms with Gasteiger partial charge in [0.05, 0.1) is 5.69 Å². The Morgan fingerprint density at radius 1 is 1.42 bits per heavy atom. The Balaban J connectivity index is 2.15. The summed E-state index contributed by atoms with van der Waals surface area (Å²) in [5.74, 6) is -1.22. The first-order valence-electron chi connectivity index (χ1n) is 5.30. The van der Waals surface area contributed by atoms with Crippen LogP contribution < -0.4 is 11.1 Å². The molecule has 5 nitrogen and oxygen atoms in total. The summed E-state index contributed by atoms with van der Waals surface area (Å²) >= 11 is 1.14. The molecule has 7 heteroatoms. The van der Waals surface area contributed by atoms with Crippen LogP contribution in [0.4, 0.5) is 15.2 Å². The molecule has 0 unspecified atom stereocenters. The summed E-state index contributed by atoms with van der Waals surface area (Å²) in [6.07, 6.45) is 0. The number of ketones is 1. The summed E-state index contributed by atoms with van der Waals surface area (Å²) in [6, 6.07) is 3.68. The Kier molecular flexibility index (Phi) is 3.57. The van der Waals surface area contributed by atoms with Gasteiger partial charge < -0.3 is 5.73 Å². The van der Waals surface area contributed by atoms with E-state index in [2.05, 4.69) is 10.3 Å². The van der Waals surface area contributed by atoms with Crippen LogP contribution in [0.15, 0.2) is 23.6 Å². The number of anilines is 2. The number of Topliss-reactive ketones (excluding diaryl/α,β-unsaturated/α-hetero) is 1. The van der Waals surface area contributed by atoms with E-state index in [0.29, 0.717) is 10.8 Å². The second-order valence-corrected chi connectivity index (χ2v) is 4.64. The van der Waals surface area contributed by atoms with Crippen molar-refractivity contribution in [3.8, 4) is 0 Å². The average molecular weight is 279 g/mol. The van der Waals surface area contributed by atoms with Crippen molar-refractivity contribution in [3.63, 3.8) is 0 Å². The van der Waals surface area contributed by atoms with Crippen LogP contribution >= 0.6 is 11.3 Å². The Hall–Kier alpha value is -2.28. The van der Waals surface area contributed by atoms with Crippen molar-refractivity contribution in [2.24, 2.45) is 0 Å². The summed E-state index contributed by atoms with van der Waals surface area (Å²) in [5.41, 5.74) is 5.79. The van der Waals surface area contributed by atoms with Crippen LogP contribution in [-0.4, -0.2) is 16.7 Å². The maximum atomic E-state index is 13.0. The zero-order valence-corrected chi connectivity index (χ0v) is 10.8. The van der Waals surface area contributed by atoms with Gasteiger partial charge in [0.15, 0.2) is 10.9 Å². The lowest BCUT2D eigenvalue weighted by atomic mass is 10.2. The number of nitrogen functional groups attached to an aromatic ring is 1. The third kappa shape index (κ3) is 2.94. The van der Waals surface area contributed by atoms with E-state index < -0.39 is 11.7 Å². The van der Waals surface area contributed by atoms with E-state index >= 15 is 0 Å². The van der Waals surface area contributed by atoms with Crippen LogP contribution in [0.3, 0.4) is 0 Å². The largest absolute Gasteiger partial charge is 0.396 e. The number of benzene rings is 1. The Morgan fingerprint density at radius 2 is 2.16 bits per heavy atom. The predicted molar refractivity (Wildman–Crippen MR) is 70.9 cm³/mol. The van der Waals surface area contributed by atoms with E-state index in [-0.39, 0.29) is 17.0 Å². The maximum absolute atomic E-state index is 13.0. The lowest BCUT2D eigenvalue weighted by molar-refractivity contribution is 0.100. The number of rotatable bonds is 3.